The maximum Gasteiger partial charge on any atom is 0.119 e. The normalized spacial score (nSPS) is 19.9. The van der Waals surface area contributed by atoms with Crippen LogP contribution in [0.4, 0.5) is 0 Å². The Morgan fingerprint density at radius 3 is 2.14 bits per heavy atom. The summed E-state index contributed by atoms with van der Waals surface area (Å²) in [6.07, 6.45) is 8.07. The average Bonchev–Trinajstić information content (AvgIpc) is 2.77. The number of benzene rings is 1. The SMILES string of the molecule is CN1CCC(CCCCN2CCN(CCCOc3ccc(C#N)cc3)CC2)CC1. The number of nitriles is 1. The van der Waals surface area contributed by atoms with Gasteiger partial charge in [-0.25, -0.2) is 0 Å². The summed E-state index contributed by atoms with van der Waals surface area (Å²) in [4.78, 5) is 7.69. The van der Waals surface area contributed by atoms with Gasteiger partial charge in [0.1, 0.15) is 5.75 Å². The van der Waals surface area contributed by atoms with Crippen LogP contribution in [-0.2, 0) is 0 Å². The lowest BCUT2D eigenvalue weighted by Crippen LogP contribution is -2.46. The molecule has 1 aromatic carbocycles. The van der Waals surface area contributed by atoms with Gasteiger partial charge in [0, 0.05) is 32.7 Å². The second kappa shape index (κ2) is 12.2. The number of ether oxygens (including phenoxy) is 1. The molecule has 29 heavy (non-hydrogen) atoms. The van der Waals surface area contributed by atoms with E-state index < -0.39 is 0 Å². The number of rotatable bonds is 10. The molecule has 0 amide bonds. The van der Waals surface area contributed by atoms with E-state index in [1.54, 1.807) is 0 Å². The fourth-order valence-electron chi connectivity index (χ4n) is 4.46. The van der Waals surface area contributed by atoms with E-state index in [4.69, 9.17) is 10.00 Å². The molecule has 5 nitrogen and oxygen atoms in total. The number of unbranched alkanes of at least 4 members (excludes halogenated alkanes) is 1. The molecule has 3 rings (SSSR count). The molecule has 2 aliphatic heterocycles. The van der Waals surface area contributed by atoms with Gasteiger partial charge in [0.2, 0.25) is 0 Å². The molecular formula is C24H38N4O. The molecule has 160 valence electrons. The molecule has 1 aromatic rings. The van der Waals surface area contributed by atoms with Crippen LogP contribution in [0.15, 0.2) is 24.3 Å². The largest absolute Gasteiger partial charge is 0.494 e. The summed E-state index contributed by atoms with van der Waals surface area (Å²) < 4.78 is 5.79. The first-order chi connectivity index (χ1) is 14.2. The van der Waals surface area contributed by atoms with E-state index in [0.717, 1.165) is 31.2 Å². The van der Waals surface area contributed by atoms with Crippen molar-refractivity contribution in [3.8, 4) is 11.8 Å². The van der Waals surface area contributed by atoms with E-state index in [-0.39, 0.29) is 0 Å². The summed E-state index contributed by atoms with van der Waals surface area (Å²) in [6, 6.07) is 9.51. The van der Waals surface area contributed by atoms with Gasteiger partial charge in [0.15, 0.2) is 0 Å². The molecule has 0 radical (unpaired) electrons. The zero-order valence-electron chi connectivity index (χ0n) is 18.2. The van der Waals surface area contributed by atoms with Gasteiger partial charge >= 0.3 is 0 Å². The minimum Gasteiger partial charge on any atom is -0.494 e. The Balaban J connectivity index is 1.18. The van der Waals surface area contributed by atoms with Gasteiger partial charge in [-0.3, -0.25) is 0 Å². The number of hydrogen-bond acceptors (Lipinski definition) is 5. The Morgan fingerprint density at radius 2 is 1.52 bits per heavy atom. The van der Waals surface area contributed by atoms with Gasteiger partial charge < -0.3 is 19.4 Å². The number of hydrogen-bond donors (Lipinski definition) is 0. The van der Waals surface area contributed by atoms with E-state index in [2.05, 4.69) is 27.8 Å². The Hall–Kier alpha value is -1.61. The lowest BCUT2D eigenvalue weighted by Gasteiger charge is -2.35. The maximum atomic E-state index is 8.83. The second-order valence-electron chi connectivity index (χ2n) is 8.76. The molecule has 0 aliphatic carbocycles. The van der Waals surface area contributed by atoms with Crippen molar-refractivity contribution in [2.24, 2.45) is 5.92 Å². The van der Waals surface area contributed by atoms with Crippen LogP contribution >= 0.6 is 0 Å². The number of likely N-dealkylation sites (tertiary alicyclic amines) is 1. The average molecular weight is 399 g/mol. The lowest BCUT2D eigenvalue weighted by molar-refractivity contribution is 0.123. The Kier molecular flexibility index (Phi) is 9.27. The van der Waals surface area contributed by atoms with Crippen molar-refractivity contribution >= 4 is 0 Å². The third-order valence-electron chi connectivity index (χ3n) is 6.51. The summed E-state index contributed by atoms with van der Waals surface area (Å²) in [5.74, 6) is 1.84. The van der Waals surface area contributed by atoms with E-state index in [1.165, 1.54) is 77.9 Å². The molecule has 0 saturated carbocycles. The van der Waals surface area contributed by atoms with Gasteiger partial charge in [0.05, 0.1) is 18.2 Å². The predicted octanol–water partition coefficient (Wildman–Crippen LogP) is 3.46. The van der Waals surface area contributed by atoms with Crippen LogP contribution in [0.25, 0.3) is 0 Å². The van der Waals surface area contributed by atoms with Gasteiger partial charge in [-0.2, -0.15) is 5.26 Å². The van der Waals surface area contributed by atoms with Crippen LogP contribution in [-0.4, -0.2) is 80.7 Å². The van der Waals surface area contributed by atoms with E-state index >= 15 is 0 Å². The molecule has 2 aliphatic rings. The Morgan fingerprint density at radius 1 is 0.897 bits per heavy atom. The van der Waals surface area contributed by atoms with Gasteiger partial charge in [-0.15, -0.1) is 0 Å². The molecule has 5 heteroatoms. The third kappa shape index (κ3) is 7.97. The van der Waals surface area contributed by atoms with Crippen molar-refractivity contribution in [1.82, 2.24) is 14.7 Å². The molecule has 0 bridgehead atoms. The lowest BCUT2D eigenvalue weighted by atomic mass is 9.92. The fourth-order valence-corrected chi connectivity index (χ4v) is 4.46. The van der Waals surface area contributed by atoms with Gasteiger partial charge in [-0.05, 0) is 82.5 Å². The minimum atomic E-state index is 0.678. The summed E-state index contributed by atoms with van der Waals surface area (Å²) >= 11 is 0. The quantitative estimate of drug-likeness (QED) is 0.565. The van der Waals surface area contributed by atoms with Crippen molar-refractivity contribution in [3.63, 3.8) is 0 Å². The highest BCUT2D eigenvalue weighted by atomic mass is 16.5. The number of nitrogens with zero attached hydrogens (tertiary/aromatic N) is 4. The molecule has 0 aromatic heterocycles. The van der Waals surface area contributed by atoms with Crippen molar-refractivity contribution < 1.29 is 4.74 Å². The Bertz CT molecular complexity index is 611. The first kappa shape index (κ1) is 22.1. The van der Waals surface area contributed by atoms with Gasteiger partial charge in [-0.1, -0.05) is 12.8 Å². The first-order valence-corrected chi connectivity index (χ1v) is 11.5. The van der Waals surface area contributed by atoms with Crippen LogP contribution in [0.1, 0.15) is 44.1 Å². The van der Waals surface area contributed by atoms with Crippen molar-refractivity contribution in [2.45, 2.75) is 38.5 Å². The van der Waals surface area contributed by atoms with E-state index in [1.807, 2.05) is 24.3 Å². The molecule has 2 heterocycles. The van der Waals surface area contributed by atoms with Crippen LogP contribution in [0.2, 0.25) is 0 Å². The minimum absolute atomic E-state index is 0.678. The topological polar surface area (TPSA) is 42.7 Å². The first-order valence-electron chi connectivity index (χ1n) is 11.5. The molecule has 2 fully saturated rings. The van der Waals surface area contributed by atoms with E-state index in [0.29, 0.717) is 5.56 Å². The molecular weight excluding hydrogens is 360 g/mol. The van der Waals surface area contributed by atoms with Crippen LogP contribution in [0.3, 0.4) is 0 Å². The van der Waals surface area contributed by atoms with Gasteiger partial charge in [0.25, 0.3) is 0 Å². The van der Waals surface area contributed by atoms with Crippen LogP contribution < -0.4 is 4.74 Å². The predicted molar refractivity (Wildman–Crippen MR) is 118 cm³/mol. The summed E-state index contributed by atoms with van der Waals surface area (Å²) in [5.41, 5.74) is 0.678. The highest BCUT2D eigenvalue weighted by molar-refractivity contribution is 5.34. The maximum absolute atomic E-state index is 8.83. The molecule has 0 spiro atoms. The smallest absolute Gasteiger partial charge is 0.119 e. The van der Waals surface area contributed by atoms with Crippen LogP contribution in [0.5, 0.6) is 5.75 Å². The molecule has 0 atom stereocenters. The monoisotopic (exact) mass is 398 g/mol. The second-order valence-corrected chi connectivity index (χ2v) is 8.76. The summed E-state index contributed by atoms with van der Waals surface area (Å²) in [6.45, 7) is 10.5. The highest BCUT2D eigenvalue weighted by Crippen LogP contribution is 2.21. The zero-order chi connectivity index (χ0) is 20.3. The van der Waals surface area contributed by atoms with Crippen molar-refractivity contribution in [3.05, 3.63) is 29.8 Å². The molecule has 2 saturated heterocycles. The summed E-state index contributed by atoms with van der Waals surface area (Å²) in [7, 11) is 2.25. The van der Waals surface area contributed by atoms with E-state index in [9.17, 15) is 0 Å². The Labute approximate surface area is 177 Å². The van der Waals surface area contributed by atoms with Crippen molar-refractivity contribution in [1.29, 1.82) is 5.26 Å². The number of piperidine rings is 1. The zero-order valence-corrected chi connectivity index (χ0v) is 18.2. The van der Waals surface area contributed by atoms with Crippen LogP contribution in [0, 0.1) is 17.2 Å². The highest BCUT2D eigenvalue weighted by Gasteiger charge is 2.18. The van der Waals surface area contributed by atoms with Crippen molar-refractivity contribution in [2.75, 3.05) is 66.0 Å². The number of piperazine rings is 1. The standard InChI is InChI=1S/C24H38N4O/c1-26-14-10-22(11-15-26)5-2-3-12-27-16-18-28(19-17-27)13-4-20-29-24-8-6-23(21-25)7-9-24/h6-9,22H,2-5,10-20H2,1H3. The molecule has 0 unspecified atom stereocenters. The molecule has 0 N–H and O–H groups in total. The summed E-state index contributed by atoms with van der Waals surface area (Å²) in [5, 5.41) is 8.83. The third-order valence-corrected chi connectivity index (χ3v) is 6.51. The fraction of sp³-hybridized carbons (Fsp3) is 0.708.